The van der Waals surface area contributed by atoms with Crippen molar-refractivity contribution in [3.8, 4) is 0 Å². The lowest BCUT2D eigenvalue weighted by Gasteiger charge is -2.17. The molecule has 1 nitrogen and oxygen atoms in total. The van der Waals surface area contributed by atoms with Crippen molar-refractivity contribution in [2.24, 2.45) is 5.92 Å². The molecule has 0 bridgehead atoms. The Morgan fingerprint density at radius 2 is 2.10 bits per heavy atom. The summed E-state index contributed by atoms with van der Waals surface area (Å²) in [6.45, 7) is 8.03. The zero-order valence-corrected chi connectivity index (χ0v) is 7.26. The van der Waals surface area contributed by atoms with E-state index in [4.69, 9.17) is 4.74 Å². The van der Waals surface area contributed by atoms with Gasteiger partial charge in [-0.25, -0.2) is 0 Å². The molecule has 60 valence electrons. The molecule has 0 amide bonds. The van der Waals surface area contributed by atoms with Crippen LogP contribution in [-0.4, -0.2) is 13.2 Å². The van der Waals surface area contributed by atoms with Crippen molar-refractivity contribution in [3.05, 3.63) is 12.7 Å². The smallest absolute Gasteiger partial charge is 0.0597 e. The van der Waals surface area contributed by atoms with Gasteiger partial charge in [0.25, 0.3) is 0 Å². The first-order chi connectivity index (χ1) is 4.72. The minimum absolute atomic E-state index is 0.401. The van der Waals surface area contributed by atoms with E-state index in [0.29, 0.717) is 12.0 Å². The van der Waals surface area contributed by atoms with E-state index in [0.717, 1.165) is 12.8 Å². The van der Waals surface area contributed by atoms with E-state index >= 15 is 0 Å². The van der Waals surface area contributed by atoms with E-state index in [1.54, 1.807) is 7.11 Å². The molecule has 0 rings (SSSR count). The molecule has 1 atom stereocenters. The van der Waals surface area contributed by atoms with Gasteiger partial charge in [-0.2, -0.15) is 0 Å². The number of ether oxygens (including phenoxy) is 1. The highest BCUT2D eigenvalue weighted by Gasteiger charge is 2.09. The van der Waals surface area contributed by atoms with Gasteiger partial charge in [0.15, 0.2) is 0 Å². The summed E-state index contributed by atoms with van der Waals surface area (Å²) in [4.78, 5) is 0. The third-order valence-electron chi connectivity index (χ3n) is 1.70. The Bertz CT molecular complexity index is 86.7. The molecule has 0 heterocycles. The van der Waals surface area contributed by atoms with Gasteiger partial charge in [0.05, 0.1) is 6.10 Å². The topological polar surface area (TPSA) is 9.23 Å². The molecule has 0 radical (unpaired) electrons. The maximum Gasteiger partial charge on any atom is 0.0597 e. The van der Waals surface area contributed by atoms with E-state index in [-0.39, 0.29) is 0 Å². The van der Waals surface area contributed by atoms with Crippen LogP contribution in [0.3, 0.4) is 0 Å². The molecule has 0 aliphatic heterocycles. The molecule has 1 heteroatoms. The van der Waals surface area contributed by atoms with Crippen LogP contribution in [0, 0.1) is 5.92 Å². The fourth-order valence-corrected chi connectivity index (χ4v) is 1.01. The standard InChI is InChI=1S/C9H18O/c1-5-6-7-9(10-4)8(2)3/h5,8-9H,1,6-7H2,2-4H3/t9-/m0/s1. The number of allylic oxidation sites excluding steroid dienone is 1. The fraction of sp³-hybridized carbons (Fsp3) is 0.778. The second-order valence-corrected chi connectivity index (χ2v) is 2.88. The Kier molecular flexibility index (Phi) is 5.32. The van der Waals surface area contributed by atoms with Crippen LogP contribution in [0.15, 0.2) is 12.7 Å². The molecule has 0 N–H and O–H groups in total. The van der Waals surface area contributed by atoms with Crippen LogP contribution < -0.4 is 0 Å². The average Bonchev–Trinajstić information content (AvgIpc) is 1.89. The highest BCUT2D eigenvalue weighted by molar-refractivity contribution is 4.71. The molecular formula is C9H18O. The minimum Gasteiger partial charge on any atom is -0.381 e. The molecular weight excluding hydrogens is 124 g/mol. The summed E-state index contributed by atoms with van der Waals surface area (Å²) in [5.74, 6) is 0.616. The highest BCUT2D eigenvalue weighted by Crippen LogP contribution is 2.11. The summed E-state index contributed by atoms with van der Waals surface area (Å²) < 4.78 is 5.27. The molecule has 0 saturated carbocycles. The summed E-state index contributed by atoms with van der Waals surface area (Å²) in [6.07, 6.45) is 4.49. The van der Waals surface area contributed by atoms with E-state index < -0.39 is 0 Å². The lowest BCUT2D eigenvalue weighted by molar-refractivity contribution is 0.0590. The first kappa shape index (κ1) is 9.70. The van der Waals surface area contributed by atoms with E-state index in [9.17, 15) is 0 Å². The Labute approximate surface area is 64.1 Å². The largest absolute Gasteiger partial charge is 0.381 e. The van der Waals surface area contributed by atoms with Crippen molar-refractivity contribution in [1.29, 1.82) is 0 Å². The van der Waals surface area contributed by atoms with Gasteiger partial charge < -0.3 is 4.74 Å². The second-order valence-electron chi connectivity index (χ2n) is 2.88. The molecule has 0 aromatic heterocycles. The number of hydrogen-bond acceptors (Lipinski definition) is 1. The number of methoxy groups -OCH3 is 1. The van der Waals surface area contributed by atoms with Crippen molar-refractivity contribution in [2.75, 3.05) is 7.11 Å². The summed E-state index contributed by atoms with van der Waals surface area (Å²) in [5, 5.41) is 0. The van der Waals surface area contributed by atoms with Crippen molar-refractivity contribution >= 4 is 0 Å². The van der Waals surface area contributed by atoms with Gasteiger partial charge in [0.1, 0.15) is 0 Å². The van der Waals surface area contributed by atoms with Gasteiger partial charge in [-0.15, -0.1) is 6.58 Å². The molecule has 0 aliphatic carbocycles. The summed E-state index contributed by atoms with van der Waals surface area (Å²) in [7, 11) is 1.77. The van der Waals surface area contributed by atoms with Crippen LogP contribution in [0.4, 0.5) is 0 Å². The third kappa shape index (κ3) is 3.67. The fourth-order valence-electron chi connectivity index (χ4n) is 1.01. The van der Waals surface area contributed by atoms with E-state index in [1.165, 1.54) is 0 Å². The number of hydrogen-bond donors (Lipinski definition) is 0. The van der Waals surface area contributed by atoms with Crippen LogP contribution in [-0.2, 0) is 4.74 Å². The molecule has 0 saturated heterocycles. The van der Waals surface area contributed by atoms with Crippen LogP contribution in [0.2, 0.25) is 0 Å². The maximum absolute atomic E-state index is 5.27. The molecule has 0 unspecified atom stereocenters. The normalized spacial score (nSPS) is 13.6. The van der Waals surface area contributed by atoms with Crippen LogP contribution >= 0.6 is 0 Å². The highest BCUT2D eigenvalue weighted by atomic mass is 16.5. The predicted octanol–water partition coefficient (Wildman–Crippen LogP) is 2.62. The minimum atomic E-state index is 0.401. The van der Waals surface area contributed by atoms with Gasteiger partial charge in [-0.1, -0.05) is 19.9 Å². The average molecular weight is 142 g/mol. The summed E-state index contributed by atoms with van der Waals surface area (Å²) in [5.41, 5.74) is 0. The molecule has 10 heavy (non-hydrogen) atoms. The quantitative estimate of drug-likeness (QED) is 0.536. The molecule has 0 aromatic rings. The van der Waals surface area contributed by atoms with Gasteiger partial charge in [-0.05, 0) is 18.8 Å². The summed E-state index contributed by atoms with van der Waals surface area (Å²) >= 11 is 0. The van der Waals surface area contributed by atoms with Crippen molar-refractivity contribution in [3.63, 3.8) is 0 Å². The van der Waals surface area contributed by atoms with Gasteiger partial charge in [0.2, 0.25) is 0 Å². The SMILES string of the molecule is C=CCC[C@H](OC)C(C)C. The Balaban J connectivity index is 3.49. The first-order valence-electron chi connectivity index (χ1n) is 3.86. The number of rotatable bonds is 5. The second kappa shape index (κ2) is 5.48. The monoisotopic (exact) mass is 142 g/mol. The maximum atomic E-state index is 5.27. The van der Waals surface area contributed by atoms with Gasteiger partial charge >= 0.3 is 0 Å². The third-order valence-corrected chi connectivity index (χ3v) is 1.70. The zero-order valence-electron chi connectivity index (χ0n) is 7.26. The molecule has 0 spiro atoms. The Hall–Kier alpha value is -0.300. The Morgan fingerprint density at radius 1 is 1.50 bits per heavy atom. The predicted molar refractivity (Wildman–Crippen MR) is 45.1 cm³/mol. The van der Waals surface area contributed by atoms with Gasteiger partial charge in [0, 0.05) is 7.11 Å². The van der Waals surface area contributed by atoms with Crippen LogP contribution in [0.25, 0.3) is 0 Å². The van der Waals surface area contributed by atoms with Crippen LogP contribution in [0.5, 0.6) is 0 Å². The van der Waals surface area contributed by atoms with Crippen molar-refractivity contribution in [2.45, 2.75) is 32.8 Å². The zero-order chi connectivity index (χ0) is 7.98. The lowest BCUT2D eigenvalue weighted by Crippen LogP contribution is -2.17. The van der Waals surface area contributed by atoms with Crippen molar-refractivity contribution < 1.29 is 4.74 Å². The van der Waals surface area contributed by atoms with Gasteiger partial charge in [-0.3, -0.25) is 0 Å². The molecule has 0 aromatic carbocycles. The molecule has 0 fully saturated rings. The Morgan fingerprint density at radius 3 is 2.40 bits per heavy atom. The van der Waals surface area contributed by atoms with E-state index in [1.807, 2.05) is 6.08 Å². The van der Waals surface area contributed by atoms with Crippen molar-refractivity contribution in [1.82, 2.24) is 0 Å². The first-order valence-corrected chi connectivity index (χ1v) is 3.86. The molecule has 0 aliphatic rings. The lowest BCUT2D eigenvalue weighted by atomic mass is 10.0. The van der Waals surface area contributed by atoms with Crippen LogP contribution in [0.1, 0.15) is 26.7 Å². The van der Waals surface area contributed by atoms with E-state index in [2.05, 4.69) is 20.4 Å². The summed E-state index contributed by atoms with van der Waals surface area (Å²) in [6, 6.07) is 0.